The number of hydrogen-bond donors (Lipinski definition) is 0. The quantitative estimate of drug-likeness (QED) is 0.519. The van der Waals surface area contributed by atoms with Crippen LogP contribution in [0.25, 0.3) is 10.9 Å². The Morgan fingerprint density at radius 1 is 1.08 bits per heavy atom. The highest BCUT2D eigenvalue weighted by molar-refractivity contribution is 5.90. The van der Waals surface area contributed by atoms with Crippen molar-refractivity contribution in [3.05, 3.63) is 23.8 Å². The van der Waals surface area contributed by atoms with E-state index >= 15 is 0 Å². The van der Waals surface area contributed by atoms with E-state index in [-0.39, 0.29) is 40.5 Å². The molecule has 1 saturated carbocycles. The Balaban J connectivity index is 1.24. The third-order valence-electron chi connectivity index (χ3n) is 8.30. The van der Waals surface area contributed by atoms with Gasteiger partial charge in [-0.05, 0) is 58.9 Å². The number of amides is 1. The first kappa shape index (κ1) is 26.4. The van der Waals surface area contributed by atoms with E-state index in [0.717, 1.165) is 44.8 Å². The SMILES string of the molecule is CC(C)(C)OC(=O)N1C2CCC1CN(c1nc(OCC3(CN4CC[C@@H](F)C4)CC3)nc3c(F)cc(F)cc13)C2. The molecule has 4 heterocycles. The van der Waals surface area contributed by atoms with E-state index in [1.165, 1.54) is 6.07 Å². The average Bonchev–Trinajstić information content (AvgIpc) is 3.41. The standard InChI is InChI=1S/C28H36F3N5O3/c1-27(2,3)39-26(37)36-19-4-5-20(36)14-35(13-19)24-21-10-18(30)11-22(31)23(21)32-25(33-24)38-16-28(7-8-28)15-34-9-6-17(29)12-34/h10-11,17,19-20H,4-9,12-16H2,1-3H3/t17-,19?,20?/m1/s1. The van der Waals surface area contributed by atoms with Crippen LogP contribution in [0.1, 0.15) is 52.9 Å². The lowest BCUT2D eigenvalue weighted by atomic mass is 10.1. The molecule has 6 rings (SSSR count). The third kappa shape index (κ3) is 5.47. The minimum atomic E-state index is -0.777. The molecule has 212 valence electrons. The first-order valence-corrected chi connectivity index (χ1v) is 13.9. The molecule has 8 nitrogen and oxygen atoms in total. The van der Waals surface area contributed by atoms with Gasteiger partial charge in [-0.15, -0.1) is 0 Å². The Hall–Kier alpha value is -2.82. The summed E-state index contributed by atoms with van der Waals surface area (Å²) in [5.74, 6) is -1.08. The van der Waals surface area contributed by atoms with E-state index in [4.69, 9.17) is 9.47 Å². The van der Waals surface area contributed by atoms with Crippen LogP contribution >= 0.6 is 0 Å². The number of hydrogen-bond acceptors (Lipinski definition) is 7. The summed E-state index contributed by atoms with van der Waals surface area (Å²) < 4.78 is 54.6. The second-order valence-electron chi connectivity index (χ2n) is 12.7. The van der Waals surface area contributed by atoms with Crippen molar-refractivity contribution in [1.82, 2.24) is 19.8 Å². The largest absolute Gasteiger partial charge is 0.463 e. The summed E-state index contributed by atoms with van der Waals surface area (Å²) >= 11 is 0. The maximum absolute atomic E-state index is 14.9. The first-order valence-electron chi connectivity index (χ1n) is 13.9. The number of fused-ring (bicyclic) bond motifs is 3. The predicted octanol–water partition coefficient (Wildman–Crippen LogP) is 4.70. The van der Waals surface area contributed by atoms with Crippen molar-refractivity contribution in [3.8, 4) is 6.01 Å². The van der Waals surface area contributed by atoms with Crippen molar-refractivity contribution in [2.24, 2.45) is 5.41 Å². The molecule has 1 aliphatic carbocycles. The Morgan fingerprint density at radius 3 is 2.41 bits per heavy atom. The predicted molar refractivity (Wildman–Crippen MR) is 140 cm³/mol. The Kier molecular flexibility index (Phi) is 6.55. The zero-order chi connectivity index (χ0) is 27.5. The molecule has 39 heavy (non-hydrogen) atoms. The fourth-order valence-electron chi connectivity index (χ4n) is 6.26. The van der Waals surface area contributed by atoms with Crippen molar-refractivity contribution in [1.29, 1.82) is 0 Å². The van der Waals surface area contributed by atoms with Crippen molar-refractivity contribution in [2.75, 3.05) is 44.2 Å². The molecule has 3 saturated heterocycles. The summed E-state index contributed by atoms with van der Waals surface area (Å²) in [4.78, 5) is 27.8. The number of alkyl halides is 1. The highest BCUT2D eigenvalue weighted by Crippen LogP contribution is 2.47. The lowest BCUT2D eigenvalue weighted by molar-refractivity contribution is 0.0123. The molecule has 3 aliphatic heterocycles. The van der Waals surface area contributed by atoms with Gasteiger partial charge in [0, 0.05) is 49.6 Å². The smallest absolute Gasteiger partial charge is 0.410 e. The Labute approximate surface area is 226 Å². The molecule has 0 radical (unpaired) electrons. The number of carbonyl (C=O) groups is 1. The molecule has 1 amide bonds. The van der Waals surface area contributed by atoms with Crippen molar-refractivity contribution in [2.45, 2.75) is 76.7 Å². The third-order valence-corrected chi connectivity index (χ3v) is 8.30. The summed E-state index contributed by atoms with van der Waals surface area (Å²) in [6, 6.07) is 1.92. The van der Waals surface area contributed by atoms with Gasteiger partial charge in [0.1, 0.15) is 28.9 Å². The monoisotopic (exact) mass is 547 g/mol. The molecular weight excluding hydrogens is 511 g/mol. The van der Waals surface area contributed by atoms with Crippen LogP contribution in [0, 0.1) is 17.0 Å². The molecule has 0 spiro atoms. The van der Waals surface area contributed by atoms with Crippen LogP contribution < -0.4 is 9.64 Å². The van der Waals surface area contributed by atoms with E-state index in [2.05, 4.69) is 14.9 Å². The molecule has 11 heteroatoms. The lowest BCUT2D eigenvalue weighted by Crippen LogP contribution is -2.57. The molecule has 4 fully saturated rings. The van der Waals surface area contributed by atoms with Crippen LogP contribution in [0.15, 0.2) is 12.1 Å². The number of carbonyl (C=O) groups excluding carboxylic acids is 1. The van der Waals surface area contributed by atoms with Gasteiger partial charge in [0.25, 0.3) is 0 Å². The summed E-state index contributed by atoms with van der Waals surface area (Å²) in [5, 5.41) is 0.275. The van der Waals surface area contributed by atoms with Crippen LogP contribution in [-0.4, -0.2) is 89.0 Å². The normalized spacial score (nSPS) is 26.4. The summed E-state index contributed by atoms with van der Waals surface area (Å²) in [5.41, 5.74) is -0.677. The second-order valence-corrected chi connectivity index (χ2v) is 12.7. The van der Waals surface area contributed by atoms with Gasteiger partial charge in [-0.1, -0.05) is 0 Å². The fourth-order valence-corrected chi connectivity index (χ4v) is 6.26. The molecule has 2 unspecified atom stereocenters. The number of piperazine rings is 1. The van der Waals surface area contributed by atoms with Crippen LogP contribution in [0.2, 0.25) is 0 Å². The number of halogens is 3. The lowest BCUT2D eigenvalue weighted by Gasteiger charge is -2.42. The molecule has 0 N–H and O–H groups in total. The van der Waals surface area contributed by atoms with Crippen LogP contribution in [0.5, 0.6) is 6.01 Å². The maximum Gasteiger partial charge on any atom is 0.410 e. The van der Waals surface area contributed by atoms with Crippen molar-refractivity contribution in [3.63, 3.8) is 0 Å². The molecule has 3 atom stereocenters. The van der Waals surface area contributed by atoms with E-state index in [1.54, 1.807) is 4.90 Å². The van der Waals surface area contributed by atoms with Crippen molar-refractivity contribution < 1.29 is 27.4 Å². The summed E-state index contributed by atoms with van der Waals surface area (Å²) in [7, 11) is 0. The number of anilines is 1. The van der Waals surface area contributed by atoms with Crippen LogP contribution in [0.3, 0.4) is 0 Å². The zero-order valence-corrected chi connectivity index (χ0v) is 22.8. The fraction of sp³-hybridized carbons (Fsp3) is 0.679. The minimum Gasteiger partial charge on any atom is -0.463 e. The highest BCUT2D eigenvalue weighted by Gasteiger charge is 2.47. The molecule has 1 aromatic heterocycles. The maximum atomic E-state index is 14.9. The van der Waals surface area contributed by atoms with Gasteiger partial charge in [-0.3, -0.25) is 9.80 Å². The van der Waals surface area contributed by atoms with Gasteiger partial charge < -0.3 is 14.4 Å². The Bertz CT molecular complexity index is 1250. The molecular formula is C28H36F3N5O3. The van der Waals surface area contributed by atoms with Gasteiger partial charge in [0.05, 0.1) is 18.7 Å². The van der Waals surface area contributed by atoms with Gasteiger partial charge in [-0.25, -0.2) is 18.0 Å². The number of aromatic nitrogens is 2. The summed E-state index contributed by atoms with van der Waals surface area (Å²) in [6.45, 7) is 8.75. The number of benzene rings is 1. The first-order chi connectivity index (χ1) is 18.5. The number of likely N-dealkylation sites (tertiary alicyclic amines) is 1. The van der Waals surface area contributed by atoms with E-state index in [9.17, 15) is 18.0 Å². The number of nitrogens with zero attached hydrogens (tertiary/aromatic N) is 5. The molecule has 1 aromatic carbocycles. The molecule has 2 bridgehead atoms. The van der Waals surface area contributed by atoms with Gasteiger partial charge in [-0.2, -0.15) is 9.97 Å². The van der Waals surface area contributed by atoms with E-state index in [0.29, 0.717) is 38.5 Å². The van der Waals surface area contributed by atoms with E-state index < -0.39 is 23.4 Å². The summed E-state index contributed by atoms with van der Waals surface area (Å²) in [6.07, 6.45) is 3.01. The van der Waals surface area contributed by atoms with Gasteiger partial charge in [0.2, 0.25) is 0 Å². The molecule has 2 aromatic rings. The second kappa shape index (κ2) is 9.67. The highest BCUT2D eigenvalue weighted by atomic mass is 19.1. The number of ether oxygens (including phenoxy) is 2. The topological polar surface area (TPSA) is 71.0 Å². The van der Waals surface area contributed by atoms with Gasteiger partial charge in [0.15, 0.2) is 5.82 Å². The zero-order valence-electron chi connectivity index (χ0n) is 22.8. The van der Waals surface area contributed by atoms with Crippen LogP contribution in [-0.2, 0) is 4.74 Å². The minimum absolute atomic E-state index is 0.00276. The molecule has 4 aliphatic rings. The average molecular weight is 548 g/mol. The van der Waals surface area contributed by atoms with E-state index in [1.807, 2.05) is 25.7 Å². The van der Waals surface area contributed by atoms with Crippen LogP contribution in [0.4, 0.5) is 23.8 Å². The number of rotatable bonds is 6. The van der Waals surface area contributed by atoms with Gasteiger partial charge >= 0.3 is 12.1 Å². The Morgan fingerprint density at radius 2 is 1.79 bits per heavy atom. The van der Waals surface area contributed by atoms with Crippen molar-refractivity contribution >= 4 is 22.8 Å².